The fraction of sp³-hybridized carbons (Fsp3) is 0.217. The number of carbonyl (C=O) groups is 1. The minimum Gasteiger partial charge on any atom is -0.352 e. The topological polar surface area (TPSA) is 74.2 Å². The molecule has 1 fully saturated rings. The van der Waals surface area contributed by atoms with E-state index >= 15 is 0 Å². The first-order valence-electron chi connectivity index (χ1n) is 10.1. The maximum atomic E-state index is 12.5. The summed E-state index contributed by atoms with van der Waals surface area (Å²) in [5, 5.41) is 12.4. The lowest BCUT2D eigenvalue weighted by Crippen LogP contribution is -2.48. The van der Waals surface area contributed by atoms with Crippen LogP contribution < -0.4 is 10.2 Å². The highest BCUT2D eigenvalue weighted by Crippen LogP contribution is 2.18. The summed E-state index contributed by atoms with van der Waals surface area (Å²) >= 11 is 6.14. The number of hydrogen-bond acceptors (Lipinski definition) is 6. The second kappa shape index (κ2) is 9.57. The summed E-state index contributed by atoms with van der Waals surface area (Å²) in [6.45, 7) is 4.59. The number of nitrogens with zero attached hydrogens (tertiary/aromatic N) is 5. The van der Waals surface area contributed by atoms with Crippen LogP contribution in [0, 0.1) is 6.92 Å². The van der Waals surface area contributed by atoms with Gasteiger partial charge >= 0.3 is 0 Å². The molecule has 0 unspecified atom stereocenters. The number of piperazine rings is 1. The molecule has 4 rings (SSSR count). The molecule has 0 aliphatic carbocycles. The lowest BCUT2D eigenvalue weighted by Gasteiger charge is -2.34. The molecule has 158 valence electrons. The van der Waals surface area contributed by atoms with Crippen molar-refractivity contribution in [1.29, 1.82) is 0 Å². The van der Waals surface area contributed by atoms with Gasteiger partial charge in [0.15, 0.2) is 11.6 Å². The van der Waals surface area contributed by atoms with Crippen LogP contribution in [0.1, 0.15) is 11.3 Å². The molecule has 0 bridgehead atoms. The smallest absolute Gasteiger partial charge is 0.246 e. The molecule has 1 aliphatic heterocycles. The fourth-order valence-corrected chi connectivity index (χ4v) is 3.54. The third-order valence-corrected chi connectivity index (χ3v) is 5.37. The normalized spacial score (nSPS) is 14.1. The van der Waals surface area contributed by atoms with Gasteiger partial charge in [0.05, 0.1) is 0 Å². The summed E-state index contributed by atoms with van der Waals surface area (Å²) in [5.74, 6) is 2.15. The standard InChI is InChI=1S/C23H23ClN6O/c1-17-5-4-8-20(25-17)26-21-10-11-22(28-27-21)29-13-15-30(16-14-29)23(31)12-9-18-6-2-3-7-19(18)24/h2-12H,13-16H2,1H3,(H,25,26,27)/b12-9+. The van der Waals surface area contributed by atoms with Crippen LogP contribution in [0.4, 0.5) is 17.5 Å². The van der Waals surface area contributed by atoms with Crippen LogP contribution in [-0.4, -0.2) is 52.2 Å². The molecule has 8 heteroatoms. The van der Waals surface area contributed by atoms with Crippen molar-refractivity contribution in [2.24, 2.45) is 0 Å². The molecule has 0 atom stereocenters. The Balaban J connectivity index is 1.31. The van der Waals surface area contributed by atoms with Gasteiger partial charge in [0.2, 0.25) is 5.91 Å². The fourth-order valence-electron chi connectivity index (χ4n) is 3.34. The van der Waals surface area contributed by atoms with E-state index in [2.05, 4.69) is 25.4 Å². The first-order chi connectivity index (χ1) is 15.1. The van der Waals surface area contributed by atoms with Crippen molar-refractivity contribution >= 4 is 41.0 Å². The molecule has 0 saturated carbocycles. The van der Waals surface area contributed by atoms with Gasteiger partial charge < -0.3 is 15.1 Å². The summed E-state index contributed by atoms with van der Waals surface area (Å²) in [6, 6.07) is 17.0. The second-order valence-corrected chi connectivity index (χ2v) is 7.64. The zero-order valence-corrected chi connectivity index (χ0v) is 18.0. The van der Waals surface area contributed by atoms with Crippen molar-refractivity contribution in [3.05, 3.63) is 77.0 Å². The molecule has 0 radical (unpaired) electrons. The van der Waals surface area contributed by atoms with Gasteiger partial charge in [-0.3, -0.25) is 4.79 Å². The minimum absolute atomic E-state index is 0.0177. The number of aromatic nitrogens is 3. The van der Waals surface area contributed by atoms with Crippen LogP contribution in [-0.2, 0) is 4.79 Å². The summed E-state index contributed by atoms with van der Waals surface area (Å²) < 4.78 is 0. The zero-order chi connectivity index (χ0) is 21.6. The number of anilines is 3. The maximum Gasteiger partial charge on any atom is 0.246 e. The average molecular weight is 435 g/mol. The molecule has 1 amide bonds. The number of aryl methyl sites for hydroxylation is 1. The molecule has 0 spiro atoms. The summed E-state index contributed by atoms with van der Waals surface area (Å²) in [4.78, 5) is 20.9. The first-order valence-corrected chi connectivity index (χ1v) is 10.5. The van der Waals surface area contributed by atoms with Gasteiger partial charge in [0, 0.05) is 43.0 Å². The van der Waals surface area contributed by atoms with Gasteiger partial charge in [-0.15, -0.1) is 10.2 Å². The number of benzene rings is 1. The number of amides is 1. The van der Waals surface area contributed by atoms with Crippen molar-refractivity contribution in [3.63, 3.8) is 0 Å². The Morgan fingerprint density at radius 1 is 0.968 bits per heavy atom. The van der Waals surface area contributed by atoms with Crippen molar-refractivity contribution in [2.75, 3.05) is 36.4 Å². The SMILES string of the molecule is Cc1cccc(Nc2ccc(N3CCN(C(=O)/C=C/c4ccccc4Cl)CC3)nn2)n1. The van der Waals surface area contributed by atoms with Crippen molar-refractivity contribution < 1.29 is 4.79 Å². The van der Waals surface area contributed by atoms with Gasteiger partial charge in [-0.05, 0) is 48.9 Å². The molecule has 1 saturated heterocycles. The van der Waals surface area contributed by atoms with E-state index in [-0.39, 0.29) is 5.91 Å². The quantitative estimate of drug-likeness (QED) is 0.613. The number of pyridine rings is 1. The average Bonchev–Trinajstić information content (AvgIpc) is 2.79. The summed E-state index contributed by atoms with van der Waals surface area (Å²) in [6.07, 6.45) is 3.34. The van der Waals surface area contributed by atoms with Crippen LogP contribution in [0.25, 0.3) is 6.08 Å². The summed E-state index contributed by atoms with van der Waals surface area (Å²) in [5.41, 5.74) is 1.77. The highest BCUT2D eigenvalue weighted by Gasteiger charge is 2.20. The van der Waals surface area contributed by atoms with Crippen LogP contribution in [0.5, 0.6) is 0 Å². The lowest BCUT2D eigenvalue weighted by molar-refractivity contribution is -0.126. The molecule has 1 N–H and O–H groups in total. The van der Waals surface area contributed by atoms with Crippen LogP contribution in [0.15, 0.2) is 60.7 Å². The molecular weight excluding hydrogens is 412 g/mol. The van der Waals surface area contributed by atoms with E-state index in [0.29, 0.717) is 37.0 Å². The predicted octanol–water partition coefficient (Wildman–Crippen LogP) is 3.94. The molecule has 1 aromatic carbocycles. The minimum atomic E-state index is -0.0177. The van der Waals surface area contributed by atoms with Crippen molar-refractivity contribution in [1.82, 2.24) is 20.1 Å². The van der Waals surface area contributed by atoms with E-state index < -0.39 is 0 Å². The van der Waals surface area contributed by atoms with Crippen molar-refractivity contribution in [2.45, 2.75) is 6.92 Å². The third kappa shape index (κ3) is 5.38. The zero-order valence-electron chi connectivity index (χ0n) is 17.2. The number of hydrogen-bond donors (Lipinski definition) is 1. The van der Waals surface area contributed by atoms with E-state index in [0.717, 1.165) is 22.9 Å². The highest BCUT2D eigenvalue weighted by molar-refractivity contribution is 6.32. The summed E-state index contributed by atoms with van der Waals surface area (Å²) in [7, 11) is 0. The second-order valence-electron chi connectivity index (χ2n) is 7.23. The third-order valence-electron chi connectivity index (χ3n) is 5.02. The Labute approximate surface area is 186 Å². The van der Waals surface area contributed by atoms with Gasteiger partial charge in [0.1, 0.15) is 5.82 Å². The van der Waals surface area contributed by atoms with Crippen LogP contribution in [0.3, 0.4) is 0 Å². The monoisotopic (exact) mass is 434 g/mol. The maximum absolute atomic E-state index is 12.5. The predicted molar refractivity (Wildman–Crippen MR) is 124 cm³/mol. The Morgan fingerprint density at radius 3 is 2.48 bits per heavy atom. The van der Waals surface area contributed by atoms with E-state index in [1.807, 2.05) is 66.4 Å². The molecular formula is C23H23ClN6O. The number of rotatable bonds is 5. The molecule has 3 aromatic rings. The Hall–Kier alpha value is -3.45. The van der Waals surface area contributed by atoms with Gasteiger partial charge in [-0.25, -0.2) is 4.98 Å². The van der Waals surface area contributed by atoms with Gasteiger partial charge in [-0.1, -0.05) is 35.9 Å². The highest BCUT2D eigenvalue weighted by atomic mass is 35.5. The number of nitrogens with one attached hydrogen (secondary N) is 1. The largest absolute Gasteiger partial charge is 0.352 e. The first kappa shape index (κ1) is 20.8. The molecule has 31 heavy (non-hydrogen) atoms. The molecule has 3 heterocycles. The van der Waals surface area contributed by atoms with E-state index in [9.17, 15) is 4.79 Å². The Bertz CT molecular complexity index is 1080. The molecule has 1 aliphatic rings. The van der Waals surface area contributed by atoms with Crippen LogP contribution >= 0.6 is 11.6 Å². The molecule has 2 aromatic heterocycles. The van der Waals surface area contributed by atoms with Gasteiger partial charge in [0.25, 0.3) is 0 Å². The number of halogens is 1. The van der Waals surface area contributed by atoms with Gasteiger partial charge in [-0.2, -0.15) is 0 Å². The lowest BCUT2D eigenvalue weighted by atomic mass is 10.2. The van der Waals surface area contributed by atoms with E-state index in [4.69, 9.17) is 11.6 Å². The van der Waals surface area contributed by atoms with Crippen molar-refractivity contribution in [3.8, 4) is 0 Å². The van der Waals surface area contributed by atoms with Crippen LogP contribution in [0.2, 0.25) is 5.02 Å². The molecule has 7 nitrogen and oxygen atoms in total. The Kier molecular flexibility index (Phi) is 6.43. The van der Waals surface area contributed by atoms with E-state index in [1.165, 1.54) is 0 Å². The number of carbonyl (C=O) groups excluding carboxylic acids is 1. The Morgan fingerprint density at radius 2 is 1.77 bits per heavy atom. The van der Waals surface area contributed by atoms with E-state index in [1.54, 1.807) is 12.2 Å².